The lowest BCUT2D eigenvalue weighted by Crippen LogP contribution is -2.00. The second-order valence-corrected chi connectivity index (χ2v) is 7.61. The fourth-order valence-corrected chi connectivity index (χ4v) is 3.66. The van der Waals surface area contributed by atoms with E-state index >= 15 is 0 Å². The van der Waals surface area contributed by atoms with Gasteiger partial charge in [0.1, 0.15) is 5.69 Å². The number of fused-ring (bicyclic) bond motifs is 1. The first-order valence-electron chi connectivity index (χ1n) is 9.28. The minimum Gasteiger partial charge on any atom is -0.270 e. The maximum atomic E-state index is 4.77. The largest absolute Gasteiger partial charge is 0.270 e. The van der Waals surface area contributed by atoms with Gasteiger partial charge in [-0.05, 0) is 56.9 Å². The summed E-state index contributed by atoms with van der Waals surface area (Å²) in [4.78, 5) is 0. The van der Waals surface area contributed by atoms with Crippen LogP contribution in [0.3, 0.4) is 0 Å². The fourth-order valence-electron chi connectivity index (χ4n) is 3.66. The van der Waals surface area contributed by atoms with Crippen LogP contribution in [0.2, 0.25) is 0 Å². The van der Waals surface area contributed by atoms with Gasteiger partial charge in [-0.25, -0.2) is 0 Å². The van der Waals surface area contributed by atoms with Crippen LogP contribution in [-0.4, -0.2) is 39.4 Å². The van der Waals surface area contributed by atoms with Gasteiger partial charge >= 0.3 is 0 Å². The third-order valence-electron chi connectivity index (χ3n) is 5.33. The Balaban J connectivity index is 1.43. The number of rotatable bonds is 4. The second kappa shape index (κ2) is 5.73. The van der Waals surface area contributed by atoms with Crippen molar-refractivity contribution in [3.05, 3.63) is 47.7 Å². The zero-order valence-corrected chi connectivity index (χ0v) is 15.9. The zero-order chi connectivity index (χ0) is 18.7. The van der Waals surface area contributed by atoms with Gasteiger partial charge in [-0.3, -0.25) is 9.36 Å². The summed E-state index contributed by atoms with van der Waals surface area (Å²) < 4.78 is 5.70. The van der Waals surface area contributed by atoms with Crippen molar-refractivity contribution in [1.82, 2.24) is 39.4 Å². The number of aromatic nitrogens is 8. The van der Waals surface area contributed by atoms with Crippen molar-refractivity contribution in [2.45, 2.75) is 45.1 Å². The van der Waals surface area contributed by atoms with Gasteiger partial charge in [0.25, 0.3) is 0 Å². The third kappa shape index (κ3) is 2.63. The molecule has 0 bridgehead atoms. The molecule has 8 heteroatoms. The molecule has 0 aliphatic heterocycles. The minimum absolute atomic E-state index is 0.388. The molecule has 1 fully saturated rings. The van der Waals surface area contributed by atoms with Crippen molar-refractivity contribution in [2.75, 3.05) is 0 Å². The number of nitrogens with zero attached hydrogens (tertiary/aromatic N) is 8. The highest BCUT2D eigenvalue weighted by Crippen LogP contribution is 2.54. The molecule has 0 radical (unpaired) electrons. The molecule has 4 aromatic rings. The first-order chi connectivity index (χ1) is 13.0. The fraction of sp³-hybridized carbons (Fsp3) is 0.421. The normalized spacial score (nSPS) is 19.3. The topological polar surface area (TPSA) is 78.7 Å². The lowest BCUT2D eigenvalue weighted by Gasteiger charge is -2.02. The minimum atomic E-state index is 0.388. The van der Waals surface area contributed by atoms with Crippen molar-refractivity contribution in [2.24, 2.45) is 7.05 Å². The summed E-state index contributed by atoms with van der Waals surface area (Å²) in [6.07, 6.45) is 5.29. The number of hydrogen-bond donors (Lipinski definition) is 0. The van der Waals surface area contributed by atoms with Crippen molar-refractivity contribution < 1.29 is 0 Å². The van der Waals surface area contributed by atoms with Crippen LogP contribution >= 0.6 is 0 Å². The first-order valence-corrected chi connectivity index (χ1v) is 9.28. The molecule has 0 saturated heterocycles. The van der Waals surface area contributed by atoms with E-state index in [9.17, 15) is 0 Å². The molecule has 0 N–H and O–H groups in total. The Morgan fingerprint density at radius 1 is 1.11 bits per heavy atom. The molecule has 138 valence electrons. The highest BCUT2D eigenvalue weighted by molar-refractivity contribution is 5.57. The van der Waals surface area contributed by atoms with Gasteiger partial charge < -0.3 is 0 Å². The highest BCUT2D eigenvalue weighted by Gasteiger charge is 2.42. The number of aryl methyl sites for hydroxylation is 2. The van der Waals surface area contributed by atoms with E-state index in [4.69, 9.17) is 5.10 Å². The van der Waals surface area contributed by atoms with E-state index in [1.807, 2.05) is 41.7 Å². The molecule has 0 aromatic carbocycles. The Labute approximate surface area is 156 Å². The molecule has 27 heavy (non-hydrogen) atoms. The summed E-state index contributed by atoms with van der Waals surface area (Å²) in [5.74, 6) is 1.74. The van der Waals surface area contributed by atoms with Gasteiger partial charge in [0, 0.05) is 25.2 Å². The summed E-state index contributed by atoms with van der Waals surface area (Å²) in [5.41, 5.74) is 5.06. The van der Waals surface area contributed by atoms with E-state index in [1.54, 1.807) is 4.52 Å². The highest BCUT2D eigenvalue weighted by atomic mass is 15.4. The Morgan fingerprint density at radius 2 is 1.96 bits per heavy atom. The average Bonchev–Trinajstić information content (AvgIpc) is 2.98. The standard InChI is InChI=1S/C19H22N8/c1-11(2)26-10-13(9-20-26)14-7-15(14)17-8-18(25(4)23-17)16-5-6-19-22-21-12(3)27(19)24-16/h5-6,8-11,14-15H,7H2,1-4H3. The third-order valence-corrected chi connectivity index (χ3v) is 5.33. The van der Waals surface area contributed by atoms with Crippen molar-refractivity contribution >= 4 is 5.65 Å². The molecule has 1 aliphatic carbocycles. The molecule has 4 heterocycles. The molecule has 8 nitrogen and oxygen atoms in total. The smallest absolute Gasteiger partial charge is 0.177 e. The second-order valence-electron chi connectivity index (χ2n) is 7.61. The molecule has 4 aromatic heterocycles. The van der Waals surface area contributed by atoms with Crippen LogP contribution in [0.25, 0.3) is 17.0 Å². The van der Waals surface area contributed by atoms with E-state index < -0.39 is 0 Å². The molecule has 5 rings (SSSR count). The predicted octanol–water partition coefficient (Wildman–Crippen LogP) is 2.88. The summed E-state index contributed by atoms with van der Waals surface area (Å²) in [5, 5.41) is 22.1. The monoisotopic (exact) mass is 362 g/mol. The molecular formula is C19H22N8. The summed E-state index contributed by atoms with van der Waals surface area (Å²) in [6, 6.07) is 6.46. The van der Waals surface area contributed by atoms with Gasteiger partial charge in [0.05, 0.1) is 17.6 Å². The molecule has 2 atom stereocenters. The Morgan fingerprint density at radius 3 is 2.74 bits per heavy atom. The lowest BCUT2D eigenvalue weighted by molar-refractivity contribution is 0.532. The van der Waals surface area contributed by atoms with Crippen LogP contribution in [0.4, 0.5) is 0 Å². The van der Waals surface area contributed by atoms with Crippen LogP contribution in [0.1, 0.15) is 55.2 Å². The molecule has 0 amide bonds. The van der Waals surface area contributed by atoms with Gasteiger partial charge in [0.2, 0.25) is 0 Å². The SMILES string of the molecule is Cc1nnc2ccc(-c3cc(C4CC4c4cnn(C(C)C)c4)nn3C)nn12. The van der Waals surface area contributed by atoms with Crippen LogP contribution in [-0.2, 0) is 7.05 Å². The average molecular weight is 362 g/mol. The molecule has 2 unspecified atom stereocenters. The van der Waals surface area contributed by atoms with Crippen molar-refractivity contribution in [3.63, 3.8) is 0 Å². The van der Waals surface area contributed by atoms with Gasteiger partial charge in [-0.2, -0.15) is 19.8 Å². The first kappa shape index (κ1) is 16.2. The molecule has 0 spiro atoms. The van der Waals surface area contributed by atoms with Gasteiger partial charge in [-0.1, -0.05) is 0 Å². The number of hydrogen-bond acceptors (Lipinski definition) is 5. The summed E-state index contributed by atoms with van der Waals surface area (Å²) in [7, 11) is 1.97. The maximum Gasteiger partial charge on any atom is 0.177 e. The van der Waals surface area contributed by atoms with Crippen LogP contribution in [0, 0.1) is 6.92 Å². The van der Waals surface area contributed by atoms with E-state index in [-0.39, 0.29) is 0 Å². The Kier molecular flexibility index (Phi) is 3.43. The summed E-state index contributed by atoms with van der Waals surface area (Å²) in [6.45, 7) is 6.19. The van der Waals surface area contributed by atoms with Crippen molar-refractivity contribution in [3.8, 4) is 11.4 Å². The van der Waals surface area contributed by atoms with Crippen LogP contribution < -0.4 is 0 Å². The summed E-state index contributed by atoms with van der Waals surface area (Å²) >= 11 is 0. The lowest BCUT2D eigenvalue weighted by atomic mass is 10.1. The van der Waals surface area contributed by atoms with E-state index in [1.165, 1.54) is 5.56 Å². The Hall–Kier alpha value is -3.03. The molecular weight excluding hydrogens is 340 g/mol. The van der Waals surface area contributed by atoms with Gasteiger partial charge in [0.15, 0.2) is 11.5 Å². The van der Waals surface area contributed by atoms with E-state index in [0.717, 1.165) is 35.0 Å². The molecule has 1 aliphatic rings. The molecule has 1 saturated carbocycles. The van der Waals surface area contributed by atoms with E-state index in [0.29, 0.717) is 17.9 Å². The van der Waals surface area contributed by atoms with Crippen LogP contribution in [0.5, 0.6) is 0 Å². The zero-order valence-electron chi connectivity index (χ0n) is 15.9. The van der Waals surface area contributed by atoms with Crippen LogP contribution in [0.15, 0.2) is 30.6 Å². The Bertz CT molecular complexity index is 1130. The quantitative estimate of drug-likeness (QED) is 0.558. The van der Waals surface area contributed by atoms with Gasteiger partial charge in [-0.15, -0.1) is 10.2 Å². The van der Waals surface area contributed by atoms with Crippen molar-refractivity contribution in [1.29, 1.82) is 0 Å². The van der Waals surface area contributed by atoms with E-state index in [2.05, 4.69) is 46.5 Å². The maximum absolute atomic E-state index is 4.77. The predicted molar refractivity (Wildman–Crippen MR) is 100 cm³/mol.